The first-order chi connectivity index (χ1) is 7.84. The number of nitrogens with zero attached hydrogens (tertiary/aromatic N) is 3. The van der Waals surface area contributed by atoms with Crippen molar-refractivity contribution in [1.29, 1.82) is 0 Å². The monoisotopic (exact) mass is 219 g/mol. The van der Waals surface area contributed by atoms with Gasteiger partial charge in [-0.25, -0.2) is 9.97 Å². The van der Waals surface area contributed by atoms with Crippen molar-refractivity contribution in [2.75, 3.05) is 0 Å². The van der Waals surface area contributed by atoms with Crippen LogP contribution in [0.1, 0.15) is 39.4 Å². The summed E-state index contributed by atoms with van der Waals surface area (Å²) in [4.78, 5) is 11.1. The summed E-state index contributed by atoms with van der Waals surface area (Å²) in [5.74, 6) is 1.95. The zero-order valence-electron chi connectivity index (χ0n) is 10.4. The molecule has 0 radical (unpaired) electrons. The SMILES string of the molecule is CC.CC1CC2CC2N1Cc1ncccn1. The van der Waals surface area contributed by atoms with Gasteiger partial charge in [-0.2, -0.15) is 0 Å². The number of piperidine rings is 1. The van der Waals surface area contributed by atoms with Crippen molar-refractivity contribution < 1.29 is 0 Å². The molecule has 0 spiro atoms. The Hall–Kier alpha value is -0.960. The second kappa shape index (κ2) is 4.91. The van der Waals surface area contributed by atoms with Gasteiger partial charge in [0, 0.05) is 24.5 Å². The molecule has 3 unspecified atom stereocenters. The molecular formula is C13H21N3. The van der Waals surface area contributed by atoms with Gasteiger partial charge in [0.1, 0.15) is 5.82 Å². The van der Waals surface area contributed by atoms with E-state index in [-0.39, 0.29) is 0 Å². The van der Waals surface area contributed by atoms with E-state index in [9.17, 15) is 0 Å². The van der Waals surface area contributed by atoms with Gasteiger partial charge in [-0.1, -0.05) is 13.8 Å². The van der Waals surface area contributed by atoms with Gasteiger partial charge in [0.2, 0.25) is 0 Å². The fraction of sp³-hybridized carbons (Fsp3) is 0.692. The van der Waals surface area contributed by atoms with Crippen LogP contribution in [0.3, 0.4) is 0 Å². The Kier molecular flexibility index (Phi) is 3.54. The molecule has 0 bridgehead atoms. The number of rotatable bonds is 2. The van der Waals surface area contributed by atoms with Crippen molar-refractivity contribution in [3.63, 3.8) is 0 Å². The number of likely N-dealkylation sites (tertiary alicyclic amines) is 1. The van der Waals surface area contributed by atoms with E-state index in [0.29, 0.717) is 0 Å². The van der Waals surface area contributed by atoms with Crippen molar-refractivity contribution in [2.24, 2.45) is 5.92 Å². The molecule has 1 aliphatic heterocycles. The van der Waals surface area contributed by atoms with Gasteiger partial charge in [-0.05, 0) is 31.7 Å². The van der Waals surface area contributed by atoms with Gasteiger partial charge in [-0.3, -0.25) is 4.90 Å². The van der Waals surface area contributed by atoms with Gasteiger partial charge in [0.05, 0.1) is 6.54 Å². The second-order valence-corrected chi connectivity index (χ2v) is 4.49. The summed E-state index contributed by atoms with van der Waals surface area (Å²) in [6.07, 6.45) is 6.43. The Balaban J connectivity index is 0.000000457. The molecular weight excluding hydrogens is 198 g/mol. The van der Waals surface area contributed by atoms with Crippen LogP contribution in [0.2, 0.25) is 0 Å². The molecule has 1 saturated heterocycles. The number of hydrogen-bond acceptors (Lipinski definition) is 3. The Labute approximate surface area is 97.9 Å². The predicted molar refractivity (Wildman–Crippen MR) is 64.9 cm³/mol. The molecule has 1 aromatic heterocycles. The van der Waals surface area contributed by atoms with Gasteiger partial charge in [0.25, 0.3) is 0 Å². The molecule has 1 aliphatic carbocycles. The van der Waals surface area contributed by atoms with E-state index in [1.165, 1.54) is 12.8 Å². The van der Waals surface area contributed by atoms with Gasteiger partial charge >= 0.3 is 0 Å². The van der Waals surface area contributed by atoms with Crippen LogP contribution in [0, 0.1) is 5.92 Å². The summed E-state index contributed by atoms with van der Waals surface area (Å²) in [5.41, 5.74) is 0. The molecule has 2 aliphatic rings. The third-order valence-electron chi connectivity index (χ3n) is 3.46. The molecule has 88 valence electrons. The minimum absolute atomic E-state index is 0.725. The van der Waals surface area contributed by atoms with Crippen LogP contribution >= 0.6 is 0 Å². The molecule has 2 fully saturated rings. The largest absolute Gasteiger partial charge is 0.290 e. The highest BCUT2D eigenvalue weighted by Crippen LogP contribution is 2.47. The van der Waals surface area contributed by atoms with Crippen molar-refractivity contribution in [3.05, 3.63) is 24.3 Å². The highest BCUT2D eigenvalue weighted by Gasteiger charge is 2.50. The number of fused-ring (bicyclic) bond motifs is 1. The lowest BCUT2D eigenvalue weighted by Gasteiger charge is -2.22. The maximum absolute atomic E-state index is 4.28. The maximum atomic E-state index is 4.28. The fourth-order valence-corrected chi connectivity index (χ4v) is 2.64. The topological polar surface area (TPSA) is 29.0 Å². The van der Waals surface area contributed by atoms with Gasteiger partial charge in [-0.15, -0.1) is 0 Å². The van der Waals surface area contributed by atoms with Crippen LogP contribution in [0.5, 0.6) is 0 Å². The highest BCUT2D eigenvalue weighted by atomic mass is 15.3. The molecule has 2 heterocycles. The van der Waals surface area contributed by atoms with E-state index < -0.39 is 0 Å². The van der Waals surface area contributed by atoms with Gasteiger partial charge < -0.3 is 0 Å². The number of aromatic nitrogens is 2. The van der Waals surface area contributed by atoms with Crippen molar-refractivity contribution in [1.82, 2.24) is 14.9 Å². The average molecular weight is 219 g/mol. The standard InChI is InChI=1S/C11H15N3.C2H6/c1-8-5-9-6-10(9)14(8)7-11-12-3-2-4-13-11;1-2/h2-4,8-10H,5-7H2,1H3;1-2H3. The van der Waals surface area contributed by atoms with Crippen molar-refractivity contribution in [3.8, 4) is 0 Å². The Morgan fingerprint density at radius 3 is 2.50 bits per heavy atom. The normalized spacial score (nSPS) is 31.6. The Bertz CT molecular complexity index is 323. The quantitative estimate of drug-likeness (QED) is 0.765. The van der Waals surface area contributed by atoms with Crippen LogP contribution in [-0.4, -0.2) is 27.0 Å². The first-order valence-electron chi connectivity index (χ1n) is 6.36. The lowest BCUT2D eigenvalue weighted by molar-refractivity contribution is 0.217. The average Bonchev–Trinajstić information content (AvgIpc) is 3.02. The van der Waals surface area contributed by atoms with Crippen LogP contribution in [0.4, 0.5) is 0 Å². The zero-order chi connectivity index (χ0) is 11.5. The summed E-state index contributed by atoms with van der Waals surface area (Å²) >= 11 is 0. The van der Waals surface area contributed by atoms with Crippen molar-refractivity contribution >= 4 is 0 Å². The third-order valence-corrected chi connectivity index (χ3v) is 3.46. The highest BCUT2D eigenvalue weighted by molar-refractivity contribution is 5.05. The van der Waals surface area contributed by atoms with Gasteiger partial charge in [0.15, 0.2) is 0 Å². The Morgan fingerprint density at radius 1 is 1.25 bits per heavy atom. The molecule has 3 rings (SSSR count). The van der Waals surface area contributed by atoms with E-state index >= 15 is 0 Å². The van der Waals surface area contributed by atoms with Crippen molar-refractivity contribution in [2.45, 2.75) is 52.2 Å². The molecule has 3 heteroatoms. The third kappa shape index (κ3) is 2.24. The summed E-state index contributed by atoms with van der Waals surface area (Å²) in [5, 5.41) is 0. The molecule has 3 nitrogen and oxygen atoms in total. The first-order valence-corrected chi connectivity index (χ1v) is 6.36. The van der Waals surface area contributed by atoms with Crippen LogP contribution in [0.25, 0.3) is 0 Å². The smallest absolute Gasteiger partial charge is 0.142 e. The summed E-state index contributed by atoms with van der Waals surface area (Å²) in [6, 6.07) is 3.44. The predicted octanol–water partition coefficient (Wildman–Crippen LogP) is 2.49. The molecule has 0 aromatic carbocycles. The minimum atomic E-state index is 0.725. The molecule has 3 atom stereocenters. The molecule has 16 heavy (non-hydrogen) atoms. The molecule has 1 aromatic rings. The van der Waals surface area contributed by atoms with E-state index in [2.05, 4.69) is 21.8 Å². The fourth-order valence-electron chi connectivity index (χ4n) is 2.64. The second-order valence-electron chi connectivity index (χ2n) is 4.49. The summed E-state index contributed by atoms with van der Waals surface area (Å²) < 4.78 is 0. The lowest BCUT2D eigenvalue weighted by atomic mass is 10.2. The van der Waals surface area contributed by atoms with E-state index in [1.807, 2.05) is 32.3 Å². The Morgan fingerprint density at radius 2 is 1.94 bits per heavy atom. The van der Waals surface area contributed by atoms with E-state index in [4.69, 9.17) is 0 Å². The molecule has 0 N–H and O–H groups in total. The summed E-state index contributed by atoms with van der Waals surface area (Å²) in [7, 11) is 0. The van der Waals surface area contributed by atoms with E-state index in [0.717, 1.165) is 30.4 Å². The minimum Gasteiger partial charge on any atom is -0.290 e. The molecule has 1 saturated carbocycles. The van der Waals surface area contributed by atoms with E-state index in [1.54, 1.807) is 0 Å². The maximum Gasteiger partial charge on any atom is 0.142 e. The lowest BCUT2D eigenvalue weighted by Crippen LogP contribution is -2.30. The summed E-state index contributed by atoms with van der Waals surface area (Å²) in [6.45, 7) is 7.25. The molecule has 0 amide bonds. The zero-order valence-corrected chi connectivity index (χ0v) is 10.4. The number of hydrogen-bond donors (Lipinski definition) is 0. The van der Waals surface area contributed by atoms with Crippen LogP contribution < -0.4 is 0 Å². The first kappa shape index (κ1) is 11.5. The van der Waals surface area contributed by atoms with Crippen LogP contribution in [-0.2, 0) is 6.54 Å². The van der Waals surface area contributed by atoms with Crippen LogP contribution in [0.15, 0.2) is 18.5 Å².